The molecule has 0 aliphatic carbocycles. The zero-order chi connectivity index (χ0) is 14.7. The Balaban J connectivity index is 2.11. The van der Waals surface area contributed by atoms with Crippen LogP contribution in [0.4, 0.5) is 0 Å². The lowest BCUT2D eigenvalue weighted by atomic mass is 10.0. The van der Waals surface area contributed by atoms with Crippen LogP contribution in [0.2, 0.25) is 10.0 Å². The second-order valence-corrected chi connectivity index (χ2v) is 5.86. The van der Waals surface area contributed by atoms with Gasteiger partial charge in [0, 0.05) is 34.7 Å². The summed E-state index contributed by atoms with van der Waals surface area (Å²) >= 11 is 12.1. The highest BCUT2D eigenvalue weighted by atomic mass is 35.5. The number of nitrogens with two attached hydrogens (primary N) is 1. The Kier molecular flexibility index (Phi) is 5.08. The van der Waals surface area contributed by atoms with Gasteiger partial charge in [0.25, 0.3) is 0 Å². The van der Waals surface area contributed by atoms with E-state index in [9.17, 15) is 0 Å². The third kappa shape index (κ3) is 3.54. The molecule has 2 unspecified atom stereocenters. The van der Waals surface area contributed by atoms with Crippen LogP contribution in [0.5, 0.6) is 0 Å². The van der Waals surface area contributed by atoms with Gasteiger partial charge in [-0.25, -0.2) is 0 Å². The molecule has 1 aromatic heterocycles. The molecule has 2 N–H and O–H groups in total. The topological polar surface area (TPSA) is 43.8 Å². The molecule has 0 aliphatic heterocycles. The summed E-state index contributed by atoms with van der Waals surface area (Å²) in [5.41, 5.74) is 8.09. The van der Waals surface area contributed by atoms with E-state index in [-0.39, 0.29) is 6.04 Å². The predicted molar refractivity (Wildman–Crippen MR) is 84.3 cm³/mol. The summed E-state index contributed by atoms with van der Waals surface area (Å²) in [5.74, 6) is 0. The summed E-state index contributed by atoms with van der Waals surface area (Å²) < 4.78 is 1.98. The summed E-state index contributed by atoms with van der Waals surface area (Å²) in [5, 5.41) is 5.78. The van der Waals surface area contributed by atoms with E-state index in [0.29, 0.717) is 22.5 Å². The highest BCUT2D eigenvalue weighted by Crippen LogP contribution is 2.27. The fourth-order valence-corrected chi connectivity index (χ4v) is 2.60. The summed E-state index contributed by atoms with van der Waals surface area (Å²) in [4.78, 5) is 0. The van der Waals surface area contributed by atoms with E-state index in [1.54, 1.807) is 12.1 Å². The van der Waals surface area contributed by atoms with Crippen molar-refractivity contribution in [1.82, 2.24) is 9.78 Å². The molecule has 0 bridgehead atoms. The van der Waals surface area contributed by atoms with Crippen LogP contribution in [0.1, 0.15) is 43.6 Å². The number of halogens is 2. The first-order valence-corrected chi connectivity index (χ1v) is 7.51. The average Bonchev–Trinajstić information content (AvgIpc) is 2.86. The molecule has 1 aromatic carbocycles. The van der Waals surface area contributed by atoms with Crippen molar-refractivity contribution in [3.05, 3.63) is 51.8 Å². The Bertz CT molecular complexity index is 580. The number of rotatable bonds is 5. The third-order valence-corrected chi connectivity index (χ3v) is 4.06. The molecule has 5 heteroatoms. The van der Waals surface area contributed by atoms with Gasteiger partial charge in [0.1, 0.15) is 0 Å². The molecule has 0 amide bonds. The second kappa shape index (κ2) is 6.61. The third-order valence-electron chi connectivity index (χ3n) is 3.50. The number of nitrogens with zero attached hydrogens (tertiary/aromatic N) is 2. The SMILES string of the molecule is CCC(C)n1ccc(CC(N)c2ccc(Cl)cc2Cl)n1. The van der Waals surface area contributed by atoms with Crippen molar-refractivity contribution in [3.8, 4) is 0 Å². The van der Waals surface area contributed by atoms with Crippen molar-refractivity contribution in [2.24, 2.45) is 5.73 Å². The zero-order valence-corrected chi connectivity index (χ0v) is 13.2. The number of hydrogen-bond acceptors (Lipinski definition) is 2. The van der Waals surface area contributed by atoms with Crippen LogP contribution in [0.3, 0.4) is 0 Å². The Labute approximate surface area is 129 Å². The van der Waals surface area contributed by atoms with Crippen LogP contribution in [0.25, 0.3) is 0 Å². The van der Waals surface area contributed by atoms with E-state index in [2.05, 4.69) is 18.9 Å². The van der Waals surface area contributed by atoms with Gasteiger partial charge in [-0.15, -0.1) is 0 Å². The summed E-state index contributed by atoms with van der Waals surface area (Å²) in [6, 6.07) is 7.63. The quantitative estimate of drug-likeness (QED) is 0.889. The molecule has 0 aliphatic rings. The molecule has 2 aromatic rings. The highest BCUT2D eigenvalue weighted by Gasteiger charge is 2.13. The Morgan fingerprint density at radius 2 is 2.05 bits per heavy atom. The number of aromatic nitrogens is 2. The molecule has 2 rings (SSSR count). The monoisotopic (exact) mass is 311 g/mol. The molecule has 108 valence electrons. The van der Waals surface area contributed by atoms with E-state index in [0.717, 1.165) is 17.7 Å². The number of benzene rings is 1. The fraction of sp³-hybridized carbons (Fsp3) is 0.400. The molecule has 0 radical (unpaired) electrons. The van der Waals surface area contributed by atoms with Gasteiger partial charge < -0.3 is 5.73 Å². The van der Waals surface area contributed by atoms with E-state index in [1.165, 1.54) is 0 Å². The fourth-order valence-electron chi connectivity index (χ4n) is 2.06. The molecule has 0 fully saturated rings. The maximum atomic E-state index is 6.22. The molecular weight excluding hydrogens is 293 g/mol. The van der Waals surface area contributed by atoms with Crippen LogP contribution in [-0.4, -0.2) is 9.78 Å². The normalized spacial score (nSPS) is 14.2. The van der Waals surface area contributed by atoms with Gasteiger partial charge in [-0.2, -0.15) is 5.10 Å². The molecule has 0 spiro atoms. The standard InChI is InChI=1S/C15H19Cl2N3/c1-3-10(2)20-7-6-12(19-20)9-15(18)13-5-4-11(16)8-14(13)17/h4-8,10,15H,3,9,18H2,1-2H3. The largest absolute Gasteiger partial charge is 0.324 e. The van der Waals surface area contributed by atoms with Gasteiger partial charge in [-0.05, 0) is 37.1 Å². The predicted octanol–water partition coefficient (Wildman–Crippen LogP) is 4.40. The van der Waals surface area contributed by atoms with Gasteiger partial charge in [0.05, 0.1) is 5.69 Å². The minimum atomic E-state index is -0.181. The zero-order valence-electron chi connectivity index (χ0n) is 11.7. The molecule has 0 saturated carbocycles. The number of hydrogen-bond donors (Lipinski definition) is 1. The first-order valence-electron chi connectivity index (χ1n) is 6.75. The maximum absolute atomic E-state index is 6.22. The Morgan fingerprint density at radius 1 is 1.30 bits per heavy atom. The molecule has 0 saturated heterocycles. The van der Waals surface area contributed by atoms with E-state index in [4.69, 9.17) is 28.9 Å². The lowest BCUT2D eigenvalue weighted by Crippen LogP contribution is -2.14. The van der Waals surface area contributed by atoms with Crippen molar-refractivity contribution in [2.75, 3.05) is 0 Å². The first-order chi connectivity index (χ1) is 9.51. The van der Waals surface area contributed by atoms with Gasteiger partial charge in [0.15, 0.2) is 0 Å². The summed E-state index contributed by atoms with van der Waals surface area (Å²) in [6.07, 6.45) is 3.71. The van der Waals surface area contributed by atoms with Gasteiger partial charge in [-0.1, -0.05) is 36.2 Å². The maximum Gasteiger partial charge on any atom is 0.0643 e. The molecule has 20 heavy (non-hydrogen) atoms. The molecule has 2 atom stereocenters. The van der Waals surface area contributed by atoms with Crippen molar-refractivity contribution < 1.29 is 0 Å². The Morgan fingerprint density at radius 3 is 2.70 bits per heavy atom. The van der Waals surface area contributed by atoms with Crippen molar-refractivity contribution in [3.63, 3.8) is 0 Å². The summed E-state index contributed by atoms with van der Waals surface area (Å²) in [7, 11) is 0. The van der Waals surface area contributed by atoms with Crippen LogP contribution < -0.4 is 5.73 Å². The molecular formula is C15H19Cl2N3. The minimum absolute atomic E-state index is 0.181. The van der Waals surface area contributed by atoms with Crippen molar-refractivity contribution >= 4 is 23.2 Å². The lowest BCUT2D eigenvalue weighted by molar-refractivity contribution is 0.472. The first kappa shape index (κ1) is 15.4. The van der Waals surface area contributed by atoms with Crippen LogP contribution in [0, 0.1) is 0 Å². The van der Waals surface area contributed by atoms with E-state index >= 15 is 0 Å². The minimum Gasteiger partial charge on any atom is -0.324 e. The van der Waals surface area contributed by atoms with Crippen LogP contribution in [0.15, 0.2) is 30.5 Å². The smallest absolute Gasteiger partial charge is 0.0643 e. The second-order valence-electron chi connectivity index (χ2n) is 5.02. The van der Waals surface area contributed by atoms with Crippen molar-refractivity contribution in [2.45, 2.75) is 38.8 Å². The highest BCUT2D eigenvalue weighted by molar-refractivity contribution is 6.35. The molecule has 3 nitrogen and oxygen atoms in total. The van der Waals surface area contributed by atoms with Gasteiger partial charge in [-0.3, -0.25) is 4.68 Å². The van der Waals surface area contributed by atoms with E-state index < -0.39 is 0 Å². The molecule has 1 heterocycles. The van der Waals surface area contributed by atoms with Crippen LogP contribution >= 0.6 is 23.2 Å². The average molecular weight is 312 g/mol. The van der Waals surface area contributed by atoms with Gasteiger partial charge in [0.2, 0.25) is 0 Å². The van der Waals surface area contributed by atoms with E-state index in [1.807, 2.05) is 23.0 Å². The lowest BCUT2D eigenvalue weighted by Gasteiger charge is -2.13. The summed E-state index contributed by atoms with van der Waals surface area (Å²) in [6.45, 7) is 4.29. The Hall–Kier alpha value is -1.03. The van der Waals surface area contributed by atoms with Gasteiger partial charge >= 0.3 is 0 Å². The van der Waals surface area contributed by atoms with Crippen molar-refractivity contribution in [1.29, 1.82) is 0 Å². The van der Waals surface area contributed by atoms with Crippen LogP contribution in [-0.2, 0) is 6.42 Å².